The third-order valence-electron chi connectivity index (χ3n) is 5.66. The summed E-state index contributed by atoms with van der Waals surface area (Å²) >= 11 is 0. The van der Waals surface area contributed by atoms with E-state index in [1.165, 1.54) is 6.92 Å². The fraction of sp³-hybridized carbons (Fsp3) is 0.111. The van der Waals surface area contributed by atoms with Crippen molar-refractivity contribution < 1.29 is 14.6 Å². The molecule has 1 amide bonds. The highest BCUT2D eigenvalue weighted by molar-refractivity contribution is 5.86. The Balaban J connectivity index is 1.41. The Kier molecular flexibility index (Phi) is 5.84. The van der Waals surface area contributed by atoms with Crippen LogP contribution in [0.5, 0.6) is 11.5 Å². The van der Waals surface area contributed by atoms with Crippen molar-refractivity contribution in [2.75, 3.05) is 0 Å². The number of benzene rings is 3. The van der Waals surface area contributed by atoms with Gasteiger partial charge in [-0.25, -0.2) is 4.98 Å². The van der Waals surface area contributed by atoms with Crippen molar-refractivity contribution >= 4 is 16.8 Å². The Morgan fingerprint density at radius 3 is 2.76 bits per heavy atom. The van der Waals surface area contributed by atoms with Crippen molar-refractivity contribution in [3.05, 3.63) is 102 Å². The van der Waals surface area contributed by atoms with E-state index in [2.05, 4.69) is 20.3 Å². The van der Waals surface area contributed by atoms with Crippen molar-refractivity contribution in [1.29, 1.82) is 0 Å². The zero-order valence-electron chi connectivity index (χ0n) is 18.6. The second-order valence-electron chi connectivity index (χ2n) is 8.02. The lowest BCUT2D eigenvalue weighted by Crippen LogP contribution is -2.19. The molecule has 0 spiro atoms. The second kappa shape index (κ2) is 9.25. The van der Waals surface area contributed by atoms with Crippen LogP contribution in [0.15, 0.2) is 85.2 Å². The molecule has 1 atom stereocenters. The van der Waals surface area contributed by atoms with Gasteiger partial charge in [0.1, 0.15) is 23.4 Å². The van der Waals surface area contributed by atoms with Gasteiger partial charge in [0, 0.05) is 41.7 Å². The van der Waals surface area contributed by atoms with Gasteiger partial charge in [-0.2, -0.15) is 0 Å². The van der Waals surface area contributed by atoms with Crippen molar-refractivity contribution in [1.82, 2.24) is 20.3 Å². The predicted octanol–water partition coefficient (Wildman–Crippen LogP) is 5.07. The van der Waals surface area contributed by atoms with E-state index in [-0.39, 0.29) is 5.91 Å². The van der Waals surface area contributed by atoms with Crippen LogP contribution in [-0.4, -0.2) is 26.0 Å². The molecule has 1 unspecified atom stereocenters. The van der Waals surface area contributed by atoms with Crippen LogP contribution in [0.4, 0.5) is 0 Å². The van der Waals surface area contributed by atoms with E-state index >= 15 is 0 Å². The molecule has 170 valence electrons. The van der Waals surface area contributed by atoms with E-state index < -0.39 is 6.10 Å². The van der Waals surface area contributed by atoms with Crippen LogP contribution in [0, 0.1) is 0 Å². The van der Waals surface area contributed by atoms with Gasteiger partial charge in [-0.3, -0.25) is 4.79 Å². The average molecular weight is 453 g/mol. The number of ether oxygens (including phenoxy) is 1. The minimum atomic E-state index is -0.786. The van der Waals surface area contributed by atoms with Crippen LogP contribution in [0.3, 0.4) is 0 Å². The van der Waals surface area contributed by atoms with E-state index in [9.17, 15) is 9.90 Å². The van der Waals surface area contributed by atoms with Gasteiger partial charge in [-0.05, 0) is 35.9 Å². The maximum atomic E-state index is 11.5. The molecule has 4 N–H and O–H groups in total. The smallest absolute Gasteiger partial charge is 0.217 e. The van der Waals surface area contributed by atoms with Gasteiger partial charge in [0.05, 0.1) is 11.9 Å². The van der Waals surface area contributed by atoms with Crippen LogP contribution in [0.2, 0.25) is 0 Å². The molecule has 0 aliphatic carbocycles. The van der Waals surface area contributed by atoms with Crippen LogP contribution in [0.25, 0.3) is 22.3 Å². The lowest BCUT2D eigenvalue weighted by atomic mass is 10.1. The zero-order valence-corrected chi connectivity index (χ0v) is 18.6. The molecular weight excluding hydrogens is 428 g/mol. The molecule has 0 aliphatic rings. The maximum absolute atomic E-state index is 11.5. The van der Waals surface area contributed by atoms with Crippen LogP contribution in [0.1, 0.15) is 29.8 Å². The van der Waals surface area contributed by atoms with Gasteiger partial charge in [-0.1, -0.05) is 42.5 Å². The van der Waals surface area contributed by atoms with Gasteiger partial charge in [0.15, 0.2) is 0 Å². The summed E-state index contributed by atoms with van der Waals surface area (Å²) in [4.78, 5) is 22.4. The van der Waals surface area contributed by atoms with E-state index in [1.807, 2.05) is 79.0 Å². The Bertz CT molecular complexity index is 1440. The van der Waals surface area contributed by atoms with Gasteiger partial charge in [0.25, 0.3) is 0 Å². The molecule has 0 saturated heterocycles. The summed E-state index contributed by atoms with van der Waals surface area (Å²) in [5.74, 6) is 1.83. The number of amides is 1. The van der Waals surface area contributed by atoms with Crippen LogP contribution < -0.4 is 10.1 Å². The molecular formula is C27H24N4O3. The molecule has 0 radical (unpaired) electrons. The largest absolute Gasteiger partial charge is 0.457 e. The quantitative estimate of drug-likeness (QED) is 0.277. The van der Waals surface area contributed by atoms with Crippen LogP contribution >= 0.6 is 0 Å². The Hall–Kier alpha value is -4.36. The summed E-state index contributed by atoms with van der Waals surface area (Å²) < 4.78 is 6.25. The topological polar surface area (TPSA) is 103 Å². The monoisotopic (exact) mass is 452 g/mol. The van der Waals surface area contributed by atoms with E-state index in [4.69, 9.17) is 4.74 Å². The average Bonchev–Trinajstić information content (AvgIpc) is 3.54. The highest BCUT2D eigenvalue weighted by Gasteiger charge is 2.15. The first-order chi connectivity index (χ1) is 16.6. The number of imidazole rings is 1. The molecule has 5 rings (SSSR count). The molecule has 2 heterocycles. The number of hydrogen-bond donors (Lipinski definition) is 4. The number of aliphatic hydroxyl groups is 1. The molecule has 34 heavy (non-hydrogen) atoms. The first-order valence-corrected chi connectivity index (χ1v) is 11.0. The Morgan fingerprint density at radius 2 is 1.94 bits per heavy atom. The Morgan fingerprint density at radius 1 is 1.09 bits per heavy atom. The molecule has 0 bridgehead atoms. The standard InChI is InChI=1S/C27H24N4O3/c1-17(32)29-15-22-21-12-13-28-23(21)10-11-25(22)34-20-9-5-8-19(14-20)27-30-16-24(31-27)26(33)18-6-3-2-4-7-18/h2-14,16,26,28,33H,15H2,1H3,(H,29,32)(H,30,31). The lowest BCUT2D eigenvalue weighted by molar-refractivity contribution is -0.119. The van der Waals surface area contributed by atoms with Gasteiger partial charge >= 0.3 is 0 Å². The summed E-state index contributed by atoms with van der Waals surface area (Å²) in [6, 6.07) is 22.8. The van der Waals surface area contributed by atoms with Gasteiger partial charge in [0.2, 0.25) is 5.91 Å². The van der Waals surface area contributed by atoms with Crippen molar-refractivity contribution in [2.45, 2.75) is 19.6 Å². The van der Waals surface area contributed by atoms with Crippen molar-refractivity contribution in [2.24, 2.45) is 0 Å². The first kappa shape index (κ1) is 21.5. The highest BCUT2D eigenvalue weighted by Crippen LogP contribution is 2.33. The van der Waals surface area contributed by atoms with Crippen molar-refractivity contribution in [3.8, 4) is 22.9 Å². The number of aromatic nitrogens is 3. The summed E-state index contributed by atoms with van der Waals surface area (Å²) in [5, 5.41) is 14.5. The number of nitrogens with zero attached hydrogens (tertiary/aromatic N) is 1. The molecule has 7 heteroatoms. The van der Waals surface area contributed by atoms with E-state index in [0.29, 0.717) is 29.6 Å². The SMILES string of the molecule is CC(=O)NCc1c(Oc2cccc(-c3ncc(C(O)c4ccccc4)[nH]3)c2)ccc2[nH]ccc12. The number of hydrogen-bond acceptors (Lipinski definition) is 4. The number of nitrogens with one attached hydrogen (secondary N) is 3. The fourth-order valence-electron chi connectivity index (χ4n) is 3.94. The predicted molar refractivity (Wildman–Crippen MR) is 130 cm³/mol. The highest BCUT2D eigenvalue weighted by atomic mass is 16.5. The summed E-state index contributed by atoms with van der Waals surface area (Å²) in [6.45, 7) is 1.85. The number of fused-ring (bicyclic) bond motifs is 1. The summed E-state index contributed by atoms with van der Waals surface area (Å²) in [6.07, 6.45) is 2.72. The zero-order chi connectivity index (χ0) is 23.5. The third-order valence-corrected chi connectivity index (χ3v) is 5.66. The number of carbonyl (C=O) groups is 1. The van der Waals surface area contributed by atoms with Gasteiger partial charge in [-0.15, -0.1) is 0 Å². The number of carbonyl (C=O) groups excluding carboxylic acids is 1. The summed E-state index contributed by atoms with van der Waals surface area (Å²) in [5.41, 5.74) is 4.10. The van der Waals surface area contributed by atoms with E-state index in [1.54, 1.807) is 6.20 Å². The molecule has 7 nitrogen and oxygen atoms in total. The normalized spacial score (nSPS) is 11.9. The first-order valence-electron chi connectivity index (χ1n) is 11.0. The maximum Gasteiger partial charge on any atom is 0.217 e. The van der Waals surface area contributed by atoms with Gasteiger partial charge < -0.3 is 25.1 Å². The minimum absolute atomic E-state index is 0.105. The molecule has 0 aliphatic heterocycles. The third kappa shape index (κ3) is 4.42. The molecule has 3 aromatic carbocycles. The second-order valence-corrected chi connectivity index (χ2v) is 8.02. The molecule has 2 aromatic heterocycles. The number of rotatable bonds is 7. The fourth-order valence-corrected chi connectivity index (χ4v) is 3.94. The lowest BCUT2D eigenvalue weighted by Gasteiger charge is -2.13. The minimum Gasteiger partial charge on any atom is -0.457 e. The Labute approximate surface area is 196 Å². The number of aromatic amines is 2. The number of H-pyrrole nitrogens is 2. The summed E-state index contributed by atoms with van der Waals surface area (Å²) in [7, 11) is 0. The van der Waals surface area contributed by atoms with Crippen molar-refractivity contribution in [3.63, 3.8) is 0 Å². The number of aliphatic hydroxyl groups excluding tert-OH is 1. The van der Waals surface area contributed by atoms with Crippen LogP contribution in [-0.2, 0) is 11.3 Å². The molecule has 0 saturated carbocycles. The molecule has 0 fully saturated rings. The van der Waals surface area contributed by atoms with E-state index in [0.717, 1.165) is 27.6 Å². The molecule has 5 aromatic rings.